The van der Waals surface area contributed by atoms with Crippen molar-refractivity contribution in [2.75, 3.05) is 0 Å². The SMILES string of the molecule is CC(Cl)c1nnc(C2C3CCc4ccccc4C32)s1. The van der Waals surface area contributed by atoms with E-state index in [0.29, 0.717) is 11.8 Å². The third-order valence-corrected chi connectivity index (χ3v) is 5.95. The quantitative estimate of drug-likeness (QED) is 0.772. The molecule has 2 aromatic rings. The van der Waals surface area contributed by atoms with Crippen LogP contribution in [-0.4, -0.2) is 10.2 Å². The van der Waals surface area contributed by atoms with Gasteiger partial charge in [-0.05, 0) is 42.7 Å². The molecule has 4 rings (SSSR count). The van der Waals surface area contributed by atoms with E-state index in [1.165, 1.54) is 23.4 Å². The van der Waals surface area contributed by atoms with Crippen molar-refractivity contribution in [3.05, 3.63) is 45.4 Å². The molecule has 4 atom stereocenters. The Labute approximate surface area is 121 Å². The molecule has 98 valence electrons. The van der Waals surface area contributed by atoms with E-state index in [2.05, 4.69) is 34.5 Å². The van der Waals surface area contributed by atoms with Gasteiger partial charge in [0.25, 0.3) is 0 Å². The highest BCUT2D eigenvalue weighted by molar-refractivity contribution is 7.11. The molecule has 0 bridgehead atoms. The monoisotopic (exact) mass is 290 g/mol. The minimum Gasteiger partial charge on any atom is -0.143 e. The summed E-state index contributed by atoms with van der Waals surface area (Å²) in [6, 6.07) is 8.86. The fraction of sp³-hybridized carbons (Fsp3) is 0.467. The summed E-state index contributed by atoms with van der Waals surface area (Å²) >= 11 is 7.78. The minimum atomic E-state index is -0.0284. The van der Waals surface area contributed by atoms with Crippen LogP contribution in [0.3, 0.4) is 0 Å². The molecule has 1 aromatic heterocycles. The highest BCUT2D eigenvalue weighted by Crippen LogP contribution is 2.65. The summed E-state index contributed by atoms with van der Waals surface area (Å²) in [6.07, 6.45) is 2.50. The summed E-state index contributed by atoms with van der Waals surface area (Å²) in [7, 11) is 0. The van der Waals surface area contributed by atoms with Gasteiger partial charge in [0.05, 0.1) is 5.38 Å². The highest BCUT2D eigenvalue weighted by Gasteiger charge is 2.55. The second-order valence-electron chi connectivity index (χ2n) is 5.55. The largest absolute Gasteiger partial charge is 0.143 e. The van der Waals surface area contributed by atoms with E-state index >= 15 is 0 Å². The van der Waals surface area contributed by atoms with E-state index in [1.807, 2.05) is 6.92 Å². The summed E-state index contributed by atoms with van der Waals surface area (Å²) < 4.78 is 0. The number of rotatable bonds is 2. The molecule has 2 aliphatic carbocycles. The maximum Gasteiger partial charge on any atom is 0.135 e. The number of aryl methyl sites for hydroxylation is 1. The van der Waals surface area contributed by atoms with E-state index in [9.17, 15) is 0 Å². The Morgan fingerprint density at radius 1 is 1.26 bits per heavy atom. The summed E-state index contributed by atoms with van der Waals surface area (Å²) in [5.41, 5.74) is 3.07. The average Bonchev–Trinajstić information content (AvgIpc) is 2.96. The second kappa shape index (κ2) is 4.29. The van der Waals surface area contributed by atoms with E-state index in [-0.39, 0.29) is 5.38 Å². The standard InChI is InChI=1S/C15H15ClN2S/c1-8(16)14-17-18-15(19-14)13-11-7-6-9-4-2-3-5-10(9)12(11)13/h2-5,8,11-13H,6-7H2,1H3. The number of nitrogens with zero attached hydrogens (tertiary/aromatic N) is 2. The van der Waals surface area contributed by atoms with Crippen molar-refractivity contribution in [1.82, 2.24) is 10.2 Å². The molecule has 1 fully saturated rings. The lowest BCUT2D eigenvalue weighted by molar-refractivity contribution is 0.658. The van der Waals surface area contributed by atoms with Gasteiger partial charge in [0.1, 0.15) is 10.0 Å². The number of alkyl halides is 1. The van der Waals surface area contributed by atoms with E-state index < -0.39 is 0 Å². The smallest absolute Gasteiger partial charge is 0.135 e. The topological polar surface area (TPSA) is 25.8 Å². The number of aromatic nitrogens is 2. The van der Waals surface area contributed by atoms with Gasteiger partial charge in [-0.25, -0.2) is 0 Å². The Morgan fingerprint density at radius 2 is 2.11 bits per heavy atom. The van der Waals surface area contributed by atoms with Crippen LogP contribution in [-0.2, 0) is 6.42 Å². The van der Waals surface area contributed by atoms with Crippen LogP contribution in [0.4, 0.5) is 0 Å². The zero-order chi connectivity index (χ0) is 13.0. The molecule has 1 saturated carbocycles. The Balaban J connectivity index is 1.66. The van der Waals surface area contributed by atoms with Gasteiger partial charge in [0, 0.05) is 5.92 Å². The second-order valence-corrected chi connectivity index (χ2v) is 7.24. The first-order valence-corrected chi connectivity index (χ1v) is 8.06. The summed E-state index contributed by atoms with van der Waals surface area (Å²) in [5, 5.41) is 10.7. The van der Waals surface area contributed by atoms with Crippen molar-refractivity contribution in [2.45, 2.75) is 37.0 Å². The van der Waals surface area contributed by atoms with Crippen LogP contribution < -0.4 is 0 Å². The lowest BCUT2D eigenvalue weighted by Crippen LogP contribution is -2.00. The molecule has 1 aromatic carbocycles. The molecule has 0 saturated heterocycles. The molecule has 4 unspecified atom stereocenters. The van der Waals surface area contributed by atoms with Crippen LogP contribution in [0.2, 0.25) is 0 Å². The fourth-order valence-electron chi connectivity index (χ4n) is 3.45. The van der Waals surface area contributed by atoms with E-state index in [0.717, 1.165) is 10.9 Å². The molecule has 0 spiro atoms. The first-order valence-electron chi connectivity index (χ1n) is 6.81. The number of hydrogen-bond donors (Lipinski definition) is 0. The van der Waals surface area contributed by atoms with Gasteiger partial charge in [-0.15, -0.1) is 21.8 Å². The fourth-order valence-corrected chi connectivity index (χ4v) is 4.62. The number of fused-ring (bicyclic) bond motifs is 3. The van der Waals surface area contributed by atoms with Crippen molar-refractivity contribution < 1.29 is 0 Å². The molecule has 19 heavy (non-hydrogen) atoms. The van der Waals surface area contributed by atoms with Crippen molar-refractivity contribution in [1.29, 1.82) is 0 Å². The van der Waals surface area contributed by atoms with Gasteiger partial charge in [-0.3, -0.25) is 0 Å². The zero-order valence-electron chi connectivity index (χ0n) is 10.7. The molecular weight excluding hydrogens is 276 g/mol. The first kappa shape index (κ1) is 11.9. The predicted octanol–water partition coefficient (Wildman–Crippen LogP) is 4.28. The molecule has 0 aliphatic heterocycles. The van der Waals surface area contributed by atoms with E-state index in [4.69, 9.17) is 11.6 Å². The van der Waals surface area contributed by atoms with Crippen molar-refractivity contribution in [2.24, 2.45) is 5.92 Å². The normalized spacial score (nSPS) is 29.5. The van der Waals surface area contributed by atoms with Crippen LogP contribution in [0.1, 0.15) is 51.7 Å². The van der Waals surface area contributed by atoms with Crippen molar-refractivity contribution in [3.8, 4) is 0 Å². The molecule has 1 heterocycles. The maximum atomic E-state index is 6.08. The van der Waals surface area contributed by atoms with Crippen LogP contribution in [0.15, 0.2) is 24.3 Å². The van der Waals surface area contributed by atoms with Gasteiger partial charge >= 0.3 is 0 Å². The number of halogens is 1. The molecule has 0 radical (unpaired) electrons. The number of benzene rings is 1. The molecule has 2 aliphatic rings. The first-order chi connectivity index (χ1) is 9.25. The van der Waals surface area contributed by atoms with Crippen molar-refractivity contribution in [3.63, 3.8) is 0 Å². The Morgan fingerprint density at radius 3 is 2.89 bits per heavy atom. The Kier molecular flexibility index (Phi) is 2.68. The Bertz CT molecular complexity index is 622. The average molecular weight is 291 g/mol. The Hall–Kier alpha value is -0.930. The van der Waals surface area contributed by atoms with Crippen LogP contribution >= 0.6 is 22.9 Å². The predicted molar refractivity (Wildman–Crippen MR) is 77.9 cm³/mol. The highest BCUT2D eigenvalue weighted by atomic mass is 35.5. The molecular formula is C15H15ClN2S. The van der Waals surface area contributed by atoms with Crippen LogP contribution in [0.5, 0.6) is 0 Å². The van der Waals surface area contributed by atoms with Crippen LogP contribution in [0, 0.1) is 5.92 Å². The summed E-state index contributed by atoms with van der Waals surface area (Å²) in [5.74, 6) is 2.04. The van der Waals surface area contributed by atoms with Gasteiger partial charge in [-0.1, -0.05) is 35.6 Å². The van der Waals surface area contributed by atoms with Gasteiger partial charge in [0.15, 0.2) is 0 Å². The van der Waals surface area contributed by atoms with Gasteiger partial charge < -0.3 is 0 Å². The lowest BCUT2D eigenvalue weighted by atomic mass is 9.92. The summed E-state index contributed by atoms with van der Waals surface area (Å²) in [4.78, 5) is 0. The number of hydrogen-bond acceptors (Lipinski definition) is 3. The van der Waals surface area contributed by atoms with Crippen LogP contribution in [0.25, 0.3) is 0 Å². The molecule has 2 nitrogen and oxygen atoms in total. The van der Waals surface area contributed by atoms with Gasteiger partial charge in [0.2, 0.25) is 0 Å². The third kappa shape index (κ3) is 1.83. The van der Waals surface area contributed by atoms with Crippen molar-refractivity contribution >= 4 is 22.9 Å². The zero-order valence-corrected chi connectivity index (χ0v) is 12.3. The lowest BCUT2D eigenvalue weighted by Gasteiger charge is -2.13. The van der Waals surface area contributed by atoms with Gasteiger partial charge in [-0.2, -0.15) is 0 Å². The maximum absolute atomic E-state index is 6.08. The minimum absolute atomic E-state index is 0.0284. The summed E-state index contributed by atoms with van der Waals surface area (Å²) in [6.45, 7) is 1.96. The molecule has 0 N–H and O–H groups in total. The van der Waals surface area contributed by atoms with E-state index in [1.54, 1.807) is 16.9 Å². The molecule has 4 heteroatoms. The third-order valence-electron chi connectivity index (χ3n) is 4.41. The molecule has 0 amide bonds.